The summed E-state index contributed by atoms with van der Waals surface area (Å²) in [4.78, 5) is 15.9. The fourth-order valence-electron chi connectivity index (χ4n) is 2.69. The van der Waals surface area contributed by atoms with Crippen molar-refractivity contribution in [1.29, 1.82) is 0 Å². The number of aromatic nitrogens is 2. The normalized spacial score (nSPS) is 12.7. The number of nitrogens with one attached hydrogen (secondary N) is 1. The van der Waals surface area contributed by atoms with Crippen LogP contribution in [-0.4, -0.2) is 34.5 Å². The molecule has 0 amide bonds. The third kappa shape index (κ3) is 3.06. The molecule has 0 aliphatic rings. The Labute approximate surface area is 138 Å². The summed E-state index contributed by atoms with van der Waals surface area (Å²) in [5.74, 6) is 0. The average molecular weight is 330 g/mol. The molecule has 120 valence electrons. The number of methoxy groups -OCH3 is 1. The van der Waals surface area contributed by atoms with Crippen LogP contribution in [0.3, 0.4) is 0 Å². The van der Waals surface area contributed by atoms with Crippen LogP contribution >= 0.6 is 12.6 Å². The van der Waals surface area contributed by atoms with Gasteiger partial charge in [-0.3, -0.25) is 4.79 Å². The summed E-state index contributed by atoms with van der Waals surface area (Å²) in [6.07, 6.45) is 3.23. The first-order valence-electron chi connectivity index (χ1n) is 7.27. The summed E-state index contributed by atoms with van der Waals surface area (Å²) in [6.45, 7) is 0.390. The molecule has 3 aromatic rings. The summed E-state index contributed by atoms with van der Waals surface area (Å²) in [6, 6.07) is 9.52. The maximum atomic E-state index is 12.3. The first-order chi connectivity index (χ1) is 11.1. The van der Waals surface area contributed by atoms with Crippen molar-refractivity contribution >= 4 is 23.5 Å². The molecule has 1 aromatic carbocycles. The van der Waals surface area contributed by atoms with Crippen LogP contribution in [0.5, 0.6) is 0 Å². The first-order valence-corrected chi connectivity index (χ1v) is 7.72. The van der Waals surface area contributed by atoms with Gasteiger partial charge in [-0.25, -0.2) is 0 Å². The average Bonchev–Trinajstić information content (AvgIpc) is 2.93. The molecule has 1 atom stereocenters. The van der Waals surface area contributed by atoms with Crippen molar-refractivity contribution in [2.24, 2.45) is 0 Å². The van der Waals surface area contributed by atoms with Gasteiger partial charge in [0.2, 0.25) is 0 Å². The Hall–Kier alpha value is -2.02. The summed E-state index contributed by atoms with van der Waals surface area (Å²) in [7, 11) is 1.56. The van der Waals surface area contributed by atoms with Gasteiger partial charge in [-0.15, -0.1) is 12.6 Å². The lowest BCUT2D eigenvalue weighted by Crippen LogP contribution is -2.22. The van der Waals surface area contributed by atoms with Gasteiger partial charge >= 0.3 is 0 Å². The number of ether oxygens (including phenoxy) is 1. The van der Waals surface area contributed by atoms with Crippen molar-refractivity contribution in [3.63, 3.8) is 0 Å². The van der Waals surface area contributed by atoms with Gasteiger partial charge in [0.15, 0.2) is 0 Å². The van der Waals surface area contributed by atoms with E-state index in [-0.39, 0.29) is 18.3 Å². The smallest absolute Gasteiger partial charge is 0.258 e. The number of pyridine rings is 1. The highest BCUT2D eigenvalue weighted by atomic mass is 32.1. The number of rotatable bonds is 5. The van der Waals surface area contributed by atoms with Crippen LogP contribution in [0, 0.1) is 0 Å². The number of hydrogen-bond acceptors (Lipinski definition) is 4. The van der Waals surface area contributed by atoms with Gasteiger partial charge in [-0.2, -0.15) is 0 Å². The van der Waals surface area contributed by atoms with Gasteiger partial charge in [-0.05, 0) is 23.8 Å². The van der Waals surface area contributed by atoms with Gasteiger partial charge in [0.1, 0.15) is 0 Å². The van der Waals surface area contributed by atoms with Crippen molar-refractivity contribution in [2.75, 3.05) is 13.7 Å². The summed E-state index contributed by atoms with van der Waals surface area (Å²) in [5.41, 5.74) is 2.47. The van der Waals surface area contributed by atoms with E-state index in [2.05, 4.69) is 17.6 Å². The molecule has 6 heteroatoms. The van der Waals surface area contributed by atoms with E-state index in [9.17, 15) is 9.90 Å². The molecule has 0 aliphatic carbocycles. The molecule has 0 saturated heterocycles. The van der Waals surface area contributed by atoms with E-state index in [0.29, 0.717) is 11.9 Å². The largest absolute Gasteiger partial charge is 0.394 e. The van der Waals surface area contributed by atoms with Crippen molar-refractivity contribution in [3.05, 3.63) is 53.1 Å². The highest BCUT2D eigenvalue weighted by Crippen LogP contribution is 2.29. The topological polar surface area (TPSA) is 67.2 Å². The zero-order valence-corrected chi connectivity index (χ0v) is 13.6. The van der Waals surface area contributed by atoms with Crippen LogP contribution in [0.15, 0.2) is 52.4 Å². The van der Waals surface area contributed by atoms with Crippen molar-refractivity contribution in [1.82, 2.24) is 9.55 Å². The van der Waals surface area contributed by atoms with Gasteiger partial charge in [0.25, 0.3) is 5.56 Å². The van der Waals surface area contributed by atoms with Crippen molar-refractivity contribution in [2.45, 2.75) is 17.5 Å². The monoisotopic (exact) mass is 330 g/mol. The second-order valence-electron chi connectivity index (χ2n) is 5.35. The molecule has 2 N–H and O–H groups in total. The Kier molecular flexibility index (Phi) is 4.56. The fourth-order valence-corrected chi connectivity index (χ4v) is 2.84. The maximum absolute atomic E-state index is 12.3. The fraction of sp³-hybridized carbons (Fsp3) is 0.235. The Morgan fingerprint density at radius 2 is 2.04 bits per heavy atom. The van der Waals surface area contributed by atoms with Gasteiger partial charge in [0.05, 0.1) is 30.2 Å². The number of hydrogen-bond donors (Lipinski definition) is 3. The third-order valence-electron chi connectivity index (χ3n) is 3.92. The molecule has 0 radical (unpaired) electrons. The number of nitrogens with zero attached hydrogens (tertiary/aromatic N) is 1. The molecule has 0 spiro atoms. The number of aliphatic hydroxyl groups is 1. The lowest BCUT2D eigenvalue weighted by atomic mass is 10.1. The molecule has 1 unspecified atom stereocenters. The molecule has 3 rings (SSSR count). The lowest BCUT2D eigenvalue weighted by Gasteiger charge is -2.13. The molecular weight excluding hydrogens is 312 g/mol. The van der Waals surface area contributed by atoms with Gasteiger partial charge in [-0.1, -0.05) is 12.1 Å². The molecule has 23 heavy (non-hydrogen) atoms. The highest BCUT2D eigenvalue weighted by Gasteiger charge is 2.16. The predicted molar refractivity (Wildman–Crippen MR) is 93.1 cm³/mol. The number of aromatic amines is 1. The Bertz CT molecular complexity index is 864. The molecule has 2 heterocycles. The van der Waals surface area contributed by atoms with Crippen LogP contribution < -0.4 is 5.56 Å². The molecule has 0 saturated carbocycles. The van der Waals surface area contributed by atoms with Gasteiger partial charge in [0, 0.05) is 30.0 Å². The van der Waals surface area contributed by atoms with Crippen molar-refractivity contribution in [3.8, 4) is 11.1 Å². The minimum atomic E-state index is -0.322. The molecule has 0 bridgehead atoms. The molecule has 5 nitrogen and oxygen atoms in total. The zero-order chi connectivity index (χ0) is 16.4. The summed E-state index contributed by atoms with van der Waals surface area (Å²) < 4.78 is 7.19. The second kappa shape index (κ2) is 6.62. The number of thiol groups is 1. The molecule has 0 aliphatic heterocycles. The van der Waals surface area contributed by atoms with E-state index in [1.807, 2.05) is 41.1 Å². The van der Waals surface area contributed by atoms with E-state index in [1.54, 1.807) is 13.3 Å². The Balaban J connectivity index is 2.18. The number of aliphatic hydroxyl groups excluding tert-OH is 1. The zero-order valence-electron chi connectivity index (χ0n) is 12.7. The van der Waals surface area contributed by atoms with Gasteiger partial charge < -0.3 is 19.4 Å². The van der Waals surface area contributed by atoms with E-state index in [4.69, 9.17) is 4.74 Å². The quantitative estimate of drug-likeness (QED) is 0.629. The standard InChI is InChI=1S/C17H18N2O3S/c1-22-12(10-20)8-19-9-14(11-2-4-13(23)5-3-11)16-15(19)6-7-18-17(16)21/h2-7,9,12,20,23H,8,10H2,1H3,(H,18,21). The minimum Gasteiger partial charge on any atom is -0.394 e. The van der Waals surface area contributed by atoms with E-state index < -0.39 is 0 Å². The summed E-state index contributed by atoms with van der Waals surface area (Å²) >= 11 is 4.30. The van der Waals surface area contributed by atoms with E-state index >= 15 is 0 Å². The minimum absolute atomic E-state index is 0.0803. The molecule has 0 fully saturated rings. The highest BCUT2D eigenvalue weighted by molar-refractivity contribution is 7.80. The molecular formula is C17H18N2O3S. The molecule has 2 aromatic heterocycles. The predicted octanol–water partition coefficient (Wildman–Crippen LogP) is 2.29. The van der Waals surface area contributed by atoms with E-state index in [0.717, 1.165) is 21.5 Å². The van der Waals surface area contributed by atoms with Crippen LogP contribution in [0.1, 0.15) is 0 Å². The number of H-pyrrole nitrogens is 1. The van der Waals surface area contributed by atoms with Crippen LogP contribution in [0.4, 0.5) is 0 Å². The maximum Gasteiger partial charge on any atom is 0.258 e. The van der Waals surface area contributed by atoms with Crippen molar-refractivity contribution < 1.29 is 9.84 Å². The van der Waals surface area contributed by atoms with Crippen LogP contribution in [0.25, 0.3) is 22.0 Å². The Morgan fingerprint density at radius 3 is 2.70 bits per heavy atom. The summed E-state index contributed by atoms with van der Waals surface area (Å²) in [5, 5.41) is 9.99. The first kappa shape index (κ1) is 15.9. The number of benzene rings is 1. The number of fused-ring (bicyclic) bond motifs is 1. The second-order valence-corrected chi connectivity index (χ2v) is 5.87. The van der Waals surface area contributed by atoms with Crippen LogP contribution in [-0.2, 0) is 11.3 Å². The third-order valence-corrected chi connectivity index (χ3v) is 4.22. The van der Waals surface area contributed by atoms with Crippen LogP contribution in [0.2, 0.25) is 0 Å². The lowest BCUT2D eigenvalue weighted by molar-refractivity contribution is 0.0381. The SMILES string of the molecule is COC(CO)Cn1cc(-c2ccc(S)cc2)c2c(=O)[nH]ccc21. The van der Waals surface area contributed by atoms with E-state index in [1.165, 1.54) is 0 Å². The Morgan fingerprint density at radius 1 is 1.30 bits per heavy atom.